The van der Waals surface area contributed by atoms with E-state index in [1.807, 2.05) is 69.7 Å². The second-order valence-electron chi connectivity index (χ2n) is 9.38. The minimum absolute atomic E-state index is 0.132. The third-order valence-corrected chi connectivity index (χ3v) is 5.42. The second-order valence-corrected chi connectivity index (χ2v) is 9.38. The number of aliphatic imine (C=N–C) groups is 1. The van der Waals surface area contributed by atoms with Gasteiger partial charge in [-0.15, -0.1) is 0 Å². The molecule has 0 fully saturated rings. The van der Waals surface area contributed by atoms with Gasteiger partial charge in [0.15, 0.2) is 17.3 Å². The van der Waals surface area contributed by atoms with Crippen LogP contribution < -0.4 is 31.7 Å². The molecule has 48 heavy (non-hydrogen) atoms. The zero-order valence-corrected chi connectivity index (χ0v) is 29.8. The van der Waals surface area contributed by atoms with Gasteiger partial charge in [-0.3, -0.25) is 20.5 Å². The predicted molar refractivity (Wildman–Crippen MR) is 194 cm³/mol. The lowest BCUT2D eigenvalue weighted by Gasteiger charge is -2.16. The van der Waals surface area contributed by atoms with E-state index in [0.29, 0.717) is 24.7 Å². The van der Waals surface area contributed by atoms with E-state index < -0.39 is 11.9 Å². The minimum atomic E-state index is -0.525. The Kier molecular flexibility index (Phi) is 27.2. The highest BCUT2D eigenvalue weighted by Gasteiger charge is 2.16. The van der Waals surface area contributed by atoms with Gasteiger partial charge in [0.05, 0.1) is 12.2 Å². The smallest absolute Gasteiger partial charge is 0.165 e. The standard InChI is InChI=1S/C21H22FN3O3.C10H14FNO.C3H8.C2H6.CH5N/c1-14(25-21(23)10-11-24-27)20(12-16-6-4-3-5-7-16)28-19-9-8-17(22)13-18(19)15(2)26;1-3-13-10-5-4-8(7-12-2)6-9(10)11;1-3-2;2*1-2/h3-14,24,27H,1-2H3,(H2,23,25);4-6,12H,3,7H2,1-2H3;3H2,1-2H3;1-2H3;2H2,1H3/b11-10-,20-12+;;;;. The number of rotatable bonds is 12. The average Bonchev–Trinajstić information content (AvgIpc) is 3.08. The number of nitrogens with two attached hydrogens (primary N) is 2. The van der Waals surface area contributed by atoms with Crippen LogP contribution in [0.2, 0.25) is 0 Å². The summed E-state index contributed by atoms with van der Waals surface area (Å²) in [5, 5.41) is 11.6. The van der Waals surface area contributed by atoms with Crippen LogP contribution in [0.1, 0.15) is 76.4 Å². The van der Waals surface area contributed by atoms with E-state index in [1.165, 1.54) is 50.9 Å². The Morgan fingerprint density at radius 2 is 1.60 bits per heavy atom. The number of hydroxylamine groups is 1. The summed E-state index contributed by atoms with van der Waals surface area (Å²) in [4.78, 5) is 16.2. The first-order chi connectivity index (χ1) is 23.1. The molecule has 0 aliphatic carbocycles. The third kappa shape index (κ3) is 19.2. The molecule has 3 aromatic rings. The highest BCUT2D eigenvalue weighted by molar-refractivity contribution is 5.97. The van der Waals surface area contributed by atoms with Crippen molar-refractivity contribution in [2.75, 3.05) is 20.7 Å². The SMILES string of the molecule is CC.CC(=O)c1cc(F)ccc1O/C(=C/c1ccccc1)C(C)N=C(N)/C=C\NO.CCC.CCOc1ccc(CNC)cc1F.CN. The van der Waals surface area contributed by atoms with Crippen LogP contribution in [-0.4, -0.2) is 43.6 Å². The fraction of sp³-hybridized carbons (Fsp3) is 0.351. The quantitative estimate of drug-likeness (QED) is 0.0434. The number of ether oxygens (including phenoxy) is 2. The highest BCUT2D eigenvalue weighted by Crippen LogP contribution is 2.25. The number of nitrogens with one attached hydrogen (secondary N) is 2. The van der Waals surface area contributed by atoms with E-state index in [4.69, 9.17) is 20.4 Å². The molecule has 0 radical (unpaired) electrons. The maximum atomic E-state index is 13.5. The molecule has 0 spiro atoms. The zero-order chi connectivity index (χ0) is 36.9. The molecule has 1 unspecified atom stereocenters. The molecule has 1 atom stereocenters. The molecule has 0 aliphatic heterocycles. The van der Waals surface area contributed by atoms with Gasteiger partial charge in [-0.2, -0.15) is 0 Å². The Bertz CT molecular complexity index is 1380. The summed E-state index contributed by atoms with van der Waals surface area (Å²) < 4.78 is 37.8. The monoisotopic (exact) mass is 671 g/mol. The number of Topliss-reactive ketones (excluding diaryl/α,β-unsaturated/α-hetero) is 1. The minimum Gasteiger partial charge on any atom is -0.491 e. The van der Waals surface area contributed by atoms with Gasteiger partial charge >= 0.3 is 0 Å². The lowest BCUT2D eigenvalue weighted by Crippen LogP contribution is -2.17. The van der Waals surface area contributed by atoms with Crippen molar-refractivity contribution >= 4 is 17.7 Å². The maximum Gasteiger partial charge on any atom is 0.165 e. The number of ketones is 1. The van der Waals surface area contributed by atoms with Gasteiger partial charge in [-0.05, 0) is 88.5 Å². The number of hydrogen-bond donors (Lipinski definition) is 5. The summed E-state index contributed by atoms with van der Waals surface area (Å²) in [6.45, 7) is 14.3. The molecule has 0 aliphatic rings. The van der Waals surface area contributed by atoms with Gasteiger partial charge in [0, 0.05) is 12.7 Å². The van der Waals surface area contributed by atoms with Gasteiger partial charge in [0.1, 0.15) is 29.2 Å². The molecule has 0 heterocycles. The van der Waals surface area contributed by atoms with Crippen molar-refractivity contribution in [3.63, 3.8) is 0 Å². The molecule has 11 heteroatoms. The van der Waals surface area contributed by atoms with Gasteiger partial charge < -0.3 is 26.3 Å². The van der Waals surface area contributed by atoms with E-state index in [0.717, 1.165) is 17.2 Å². The topological polar surface area (TPSA) is 144 Å². The number of hydrogen-bond acceptors (Lipinski definition) is 8. The molecule has 0 bridgehead atoms. The Labute approximate surface area is 285 Å². The van der Waals surface area contributed by atoms with Crippen LogP contribution in [0.5, 0.6) is 11.5 Å². The molecule has 3 rings (SSSR count). The largest absolute Gasteiger partial charge is 0.491 e. The van der Waals surface area contributed by atoms with Crippen molar-refractivity contribution in [3.8, 4) is 11.5 Å². The van der Waals surface area contributed by atoms with E-state index in [1.54, 1.807) is 19.1 Å². The number of nitrogens with zero attached hydrogens (tertiary/aromatic N) is 1. The van der Waals surface area contributed by atoms with E-state index >= 15 is 0 Å². The molecule has 0 aromatic heterocycles. The first kappa shape index (κ1) is 45.5. The van der Waals surface area contributed by atoms with Gasteiger partial charge in [-0.1, -0.05) is 70.5 Å². The van der Waals surface area contributed by atoms with Crippen LogP contribution >= 0.6 is 0 Å². The van der Waals surface area contributed by atoms with Crippen LogP contribution in [0, 0.1) is 11.6 Å². The second kappa shape index (κ2) is 28.6. The molecular formula is C37H55F2N5O4. The fourth-order valence-electron chi connectivity index (χ4n) is 3.53. The van der Waals surface area contributed by atoms with Gasteiger partial charge in [0.25, 0.3) is 0 Å². The normalized spacial score (nSPS) is 11.2. The Hall–Kier alpha value is -4.58. The van der Waals surface area contributed by atoms with Crippen molar-refractivity contribution in [2.45, 2.75) is 67.5 Å². The summed E-state index contributed by atoms with van der Waals surface area (Å²) in [6.07, 6.45) is 5.62. The summed E-state index contributed by atoms with van der Waals surface area (Å²) in [7, 11) is 3.33. The van der Waals surface area contributed by atoms with Crippen LogP contribution in [-0.2, 0) is 6.54 Å². The molecule has 9 nitrogen and oxygen atoms in total. The zero-order valence-electron chi connectivity index (χ0n) is 29.8. The van der Waals surface area contributed by atoms with Crippen LogP contribution in [0.15, 0.2) is 89.8 Å². The van der Waals surface area contributed by atoms with Crippen LogP contribution in [0.4, 0.5) is 8.78 Å². The number of carbonyl (C=O) groups is 1. The molecule has 0 saturated heterocycles. The van der Waals surface area contributed by atoms with Crippen molar-refractivity contribution in [1.82, 2.24) is 10.8 Å². The van der Waals surface area contributed by atoms with E-state index in [2.05, 4.69) is 29.9 Å². The molecule has 266 valence electrons. The van der Waals surface area contributed by atoms with Crippen LogP contribution in [0.3, 0.4) is 0 Å². The lowest BCUT2D eigenvalue weighted by molar-refractivity contribution is 0.101. The summed E-state index contributed by atoms with van der Waals surface area (Å²) in [5.41, 5.74) is 14.1. The van der Waals surface area contributed by atoms with Crippen molar-refractivity contribution in [1.29, 1.82) is 0 Å². The Morgan fingerprint density at radius 3 is 2.12 bits per heavy atom. The number of halogens is 2. The average molecular weight is 672 g/mol. The Balaban J connectivity index is 0. The first-order valence-electron chi connectivity index (χ1n) is 15.9. The molecule has 3 aromatic carbocycles. The van der Waals surface area contributed by atoms with Crippen molar-refractivity contribution in [3.05, 3.63) is 113 Å². The third-order valence-electron chi connectivity index (χ3n) is 5.42. The van der Waals surface area contributed by atoms with Gasteiger partial charge in [-0.25, -0.2) is 8.78 Å². The maximum absolute atomic E-state index is 13.5. The molecule has 0 amide bonds. The number of carbonyl (C=O) groups excluding carboxylic acids is 1. The molecule has 0 saturated carbocycles. The first-order valence-corrected chi connectivity index (χ1v) is 15.9. The summed E-state index contributed by atoms with van der Waals surface area (Å²) >= 11 is 0. The number of amidine groups is 1. The summed E-state index contributed by atoms with van der Waals surface area (Å²) in [5.74, 6) is -0.0263. The summed E-state index contributed by atoms with van der Waals surface area (Å²) in [6, 6.07) is 17.6. The van der Waals surface area contributed by atoms with Crippen LogP contribution in [0.25, 0.3) is 6.08 Å². The molecular weight excluding hydrogens is 616 g/mol. The fourth-order valence-corrected chi connectivity index (χ4v) is 3.53. The van der Waals surface area contributed by atoms with E-state index in [9.17, 15) is 13.6 Å². The lowest BCUT2D eigenvalue weighted by atomic mass is 10.1. The molecule has 7 N–H and O–H groups in total. The van der Waals surface area contributed by atoms with Gasteiger partial charge in [0.2, 0.25) is 0 Å². The Morgan fingerprint density at radius 1 is 1.00 bits per heavy atom. The predicted octanol–water partition coefficient (Wildman–Crippen LogP) is 7.65. The van der Waals surface area contributed by atoms with E-state index in [-0.39, 0.29) is 28.7 Å². The van der Waals surface area contributed by atoms with Crippen molar-refractivity contribution in [2.24, 2.45) is 16.5 Å². The van der Waals surface area contributed by atoms with Crippen molar-refractivity contribution < 1.29 is 28.3 Å². The highest BCUT2D eigenvalue weighted by atomic mass is 19.1. The number of benzene rings is 3.